The summed E-state index contributed by atoms with van der Waals surface area (Å²) in [7, 11) is -1.59. The lowest BCUT2D eigenvalue weighted by Gasteiger charge is -2.34. The molecule has 1 aliphatic heterocycles. The maximum Gasteiger partial charge on any atom is 0.243 e. The van der Waals surface area contributed by atoms with E-state index < -0.39 is 10.0 Å². The predicted molar refractivity (Wildman–Crippen MR) is 102 cm³/mol. The van der Waals surface area contributed by atoms with Crippen molar-refractivity contribution in [3.8, 4) is 0 Å². The smallest absolute Gasteiger partial charge is 0.243 e. The molecule has 0 aliphatic carbocycles. The summed E-state index contributed by atoms with van der Waals surface area (Å²) < 4.78 is 32.5. The largest absolute Gasteiger partial charge is 0.369 e. The van der Waals surface area contributed by atoms with Crippen molar-refractivity contribution in [1.29, 1.82) is 0 Å². The van der Waals surface area contributed by atoms with Crippen molar-refractivity contribution in [2.45, 2.75) is 11.4 Å². The maximum atomic E-state index is 12.6. The van der Waals surface area contributed by atoms with E-state index in [0.717, 1.165) is 37.4 Å². The van der Waals surface area contributed by atoms with E-state index in [1.54, 1.807) is 12.1 Å². The number of aromatic nitrogens is 2. The number of anilines is 1. The quantitative estimate of drug-likeness (QED) is 0.708. The molecule has 0 spiro atoms. The van der Waals surface area contributed by atoms with Crippen LogP contribution < -0.4 is 9.62 Å². The molecular weight excluding hydrogens is 366 g/mol. The van der Waals surface area contributed by atoms with Gasteiger partial charge >= 0.3 is 0 Å². The fourth-order valence-corrected chi connectivity index (χ4v) is 4.31. The highest BCUT2D eigenvalue weighted by molar-refractivity contribution is 7.89. The molecule has 4 rings (SSSR count). The van der Waals surface area contributed by atoms with Gasteiger partial charge in [-0.2, -0.15) is 0 Å². The topological polar surface area (TPSA) is 91.6 Å². The zero-order valence-corrected chi connectivity index (χ0v) is 15.8. The number of rotatable bonds is 5. The molecule has 1 N–H and O–H groups in total. The molecule has 0 unspecified atom stereocenters. The number of piperazine rings is 1. The first-order valence-corrected chi connectivity index (χ1v) is 10.2. The Bertz CT molecular complexity index is 1020. The molecule has 0 atom stereocenters. The summed E-state index contributed by atoms with van der Waals surface area (Å²) in [5.74, 6) is 0. The fraction of sp³-hybridized carbons (Fsp3) is 0.333. The zero-order valence-electron chi connectivity index (χ0n) is 15.0. The molecule has 1 aliphatic rings. The third-order valence-electron chi connectivity index (χ3n) is 4.81. The minimum atomic E-state index is -3.72. The molecule has 2 heterocycles. The summed E-state index contributed by atoms with van der Waals surface area (Å²) in [4.78, 5) is 4.71. The maximum absolute atomic E-state index is 12.6. The highest BCUT2D eigenvalue weighted by atomic mass is 32.2. The lowest BCUT2D eigenvalue weighted by atomic mass is 10.2. The fourth-order valence-electron chi connectivity index (χ4n) is 3.14. The van der Waals surface area contributed by atoms with Gasteiger partial charge in [0.2, 0.25) is 10.0 Å². The van der Waals surface area contributed by atoms with Crippen LogP contribution in [0.2, 0.25) is 0 Å². The molecular formula is C18H21N5O3S. The van der Waals surface area contributed by atoms with Crippen molar-refractivity contribution in [1.82, 2.24) is 19.9 Å². The number of nitrogens with one attached hydrogen (secondary N) is 1. The van der Waals surface area contributed by atoms with Gasteiger partial charge in [0.15, 0.2) is 5.52 Å². The number of sulfonamides is 1. The Kier molecular flexibility index (Phi) is 4.81. The third kappa shape index (κ3) is 3.80. The number of fused-ring (bicyclic) bond motifs is 1. The Morgan fingerprint density at radius 1 is 1.04 bits per heavy atom. The first kappa shape index (κ1) is 17.9. The zero-order chi connectivity index (χ0) is 18.9. The summed E-state index contributed by atoms with van der Waals surface area (Å²) in [5.41, 5.74) is 2.69. The average molecular weight is 387 g/mol. The van der Waals surface area contributed by atoms with E-state index in [1.165, 1.54) is 6.07 Å². The lowest BCUT2D eigenvalue weighted by molar-refractivity contribution is 0.313. The highest BCUT2D eigenvalue weighted by Crippen LogP contribution is 2.20. The molecule has 1 saturated heterocycles. The molecule has 2 aromatic carbocycles. The summed E-state index contributed by atoms with van der Waals surface area (Å²) in [6.45, 7) is 4.29. The molecule has 0 bridgehead atoms. The Morgan fingerprint density at radius 3 is 2.52 bits per heavy atom. The highest BCUT2D eigenvalue weighted by Gasteiger charge is 2.20. The summed E-state index contributed by atoms with van der Waals surface area (Å²) >= 11 is 0. The van der Waals surface area contributed by atoms with E-state index in [9.17, 15) is 8.42 Å². The van der Waals surface area contributed by atoms with Gasteiger partial charge in [0.25, 0.3) is 0 Å². The van der Waals surface area contributed by atoms with Gasteiger partial charge in [-0.05, 0) is 47.2 Å². The lowest BCUT2D eigenvalue weighted by Crippen LogP contribution is -2.44. The first-order valence-electron chi connectivity index (χ1n) is 8.76. The van der Waals surface area contributed by atoms with Crippen molar-refractivity contribution in [2.75, 3.05) is 38.1 Å². The van der Waals surface area contributed by atoms with E-state index in [-0.39, 0.29) is 17.0 Å². The molecule has 8 nitrogen and oxygen atoms in total. The van der Waals surface area contributed by atoms with Gasteiger partial charge in [0.1, 0.15) is 10.4 Å². The van der Waals surface area contributed by atoms with Crippen molar-refractivity contribution in [3.63, 3.8) is 0 Å². The van der Waals surface area contributed by atoms with Crippen LogP contribution >= 0.6 is 0 Å². The van der Waals surface area contributed by atoms with Gasteiger partial charge in [0, 0.05) is 38.4 Å². The van der Waals surface area contributed by atoms with Crippen LogP contribution in [0.5, 0.6) is 0 Å². The van der Waals surface area contributed by atoms with Crippen LogP contribution in [0.4, 0.5) is 5.69 Å². The molecule has 142 valence electrons. The van der Waals surface area contributed by atoms with Gasteiger partial charge in [-0.3, -0.25) is 0 Å². The second kappa shape index (κ2) is 7.26. The van der Waals surface area contributed by atoms with E-state index in [2.05, 4.69) is 36.5 Å². The summed E-state index contributed by atoms with van der Waals surface area (Å²) in [6.07, 6.45) is 0. The molecule has 1 fully saturated rings. The van der Waals surface area contributed by atoms with Crippen molar-refractivity contribution in [3.05, 3.63) is 48.0 Å². The van der Waals surface area contributed by atoms with Crippen molar-refractivity contribution < 1.29 is 13.0 Å². The number of hydrogen-bond donors (Lipinski definition) is 1. The van der Waals surface area contributed by atoms with E-state index in [1.807, 2.05) is 24.3 Å². The molecule has 1 aromatic heterocycles. The molecule has 0 amide bonds. The van der Waals surface area contributed by atoms with Gasteiger partial charge in [-0.1, -0.05) is 18.2 Å². The van der Waals surface area contributed by atoms with E-state index in [0.29, 0.717) is 5.52 Å². The van der Waals surface area contributed by atoms with Crippen LogP contribution in [0.3, 0.4) is 0 Å². The van der Waals surface area contributed by atoms with Crippen LogP contribution in [-0.2, 0) is 16.6 Å². The molecule has 9 heteroatoms. The first-order chi connectivity index (χ1) is 13.0. The van der Waals surface area contributed by atoms with Crippen LogP contribution in [-0.4, -0.2) is 56.9 Å². The monoisotopic (exact) mass is 387 g/mol. The molecule has 27 heavy (non-hydrogen) atoms. The third-order valence-corrected chi connectivity index (χ3v) is 6.24. The normalized spacial score (nSPS) is 16.1. The SMILES string of the molecule is CN1CCN(c2ccc(CNS(=O)(=O)c3cccc4nonc34)cc2)CC1. The van der Waals surface area contributed by atoms with Gasteiger partial charge in [0.05, 0.1) is 0 Å². The van der Waals surface area contributed by atoms with Crippen LogP contribution in [0.15, 0.2) is 52.0 Å². The Morgan fingerprint density at radius 2 is 1.78 bits per heavy atom. The Balaban J connectivity index is 1.44. The minimum Gasteiger partial charge on any atom is -0.369 e. The van der Waals surface area contributed by atoms with Crippen LogP contribution in [0.25, 0.3) is 11.0 Å². The number of benzene rings is 2. The van der Waals surface area contributed by atoms with Crippen LogP contribution in [0, 0.1) is 0 Å². The Labute approximate surface area is 157 Å². The van der Waals surface area contributed by atoms with Gasteiger partial charge in [-0.15, -0.1) is 0 Å². The average Bonchev–Trinajstić information content (AvgIpc) is 3.16. The standard InChI is InChI=1S/C18H21N5O3S/c1-22-9-11-23(12-10-22)15-7-5-14(6-8-15)13-19-27(24,25)17-4-2-3-16-18(17)21-26-20-16/h2-8,19H,9-13H2,1H3. The molecule has 0 saturated carbocycles. The van der Waals surface area contributed by atoms with Crippen LogP contribution in [0.1, 0.15) is 5.56 Å². The van der Waals surface area contributed by atoms with Gasteiger partial charge < -0.3 is 9.80 Å². The summed E-state index contributed by atoms with van der Waals surface area (Å²) in [6, 6.07) is 12.7. The number of likely N-dealkylation sites (N-methyl/N-ethyl adjacent to an activating group) is 1. The molecule has 3 aromatic rings. The van der Waals surface area contributed by atoms with E-state index >= 15 is 0 Å². The van der Waals surface area contributed by atoms with Crippen molar-refractivity contribution >= 4 is 26.7 Å². The second-order valence-corrected chi connectivity index (χ2v) is 8.40. The van der Waals surface area contributed by atoms with Crippen molar-refractivity contribution in [2.24, 2.45) is 0 Å². The minimum absolute atomic E-state index is 0.0651. The number of nitrogens with zero attached hydrogens (tertiary/aromatic N) is 4. The predicted octanol–water partition coefficient (Wildman–Crippen LogP) is 1.45. The second-order valence-electron chi connectivity index (χ2n) is 6.67. The molecule has 0 radical (unpaired) electrons. The van der Waals surface area contributed by atoms with E-state index in [4.69, 9.17) is 0 Å². The summed E-state index contributed by atoms with van der Waals surface area (Å²) in [5, 5.41) is 7.38. The van der Waals surface area contributed by atoms with Gasteiger partial charge in [-0.25, -0.2) is 17.8 Å². The number of hydrogen-bond acceptors (Lipinski definition) is 7. The Hall–Kier alpha value is -2.49.